The van der Waals surface area contributed by atoms with E-state index in [-0.39, 0.29) is 11.6 Å². The third-order valence-corrected chi connectivity index (χ3v) is 6.43. The Labute approximate surface area is 164 Å². The van der Waals surface area contributed by atoms with Crippen LogP contribution in [-0.4, -0.2) is 20.1 Å². The molecule has 3 heterocycles. The zero-order valence-electron chi connectivity index (χ0n) is 12.6. The van der Waals surface area contributed by atoms with Gasteiger partial charge in [-0.25, -0.2) is 4.98 Å². The first kappa shape index (κ1) is 17.2. The number of rotatable bonds is 4. The number of nitro benzene ring substituents is 1. The molecule has 3 aromatic rings. The number of hydrogen-bond acceptors (Lipinski definition) is 9. The second-order valence-electron chi connectivity index (χ2n) is 5.00. The number of hydrogen-bond donors (Lipinski definition) is 1. The highest BCUT2D eigenvalue weighted by Gasteiger charge is 2.22. The van der Waals surface area contributed by atoms with E-state index in [9.17, 15) is 14.9 Å². The van der Waals surface area contributed by atoms with E-state index in [1.54, 1.807) is 24.3 Å². The zero-order valence-corrected chi connectivity index (χ0v) is 15.9. The van der Waals surface area contributed by atoms with E-state index in [4.69, 9.17) is 16.6 Å². The van der Waals surface area contributed by atoms with Crippen LogP contribution in [0.1, 0.15) is 5.76 Å². The molecule has 4 rings (SSSR count). The molecule has 0 aliphatic carbocycles. The van der Waals surface area contributed by atoms with Crippen LogP contribution >= 0.6 is 47.1 Å². The Bertz CT molecular complexity index is 1100. The minimum Gasteiger partial charge on any atom is -0.450 e. The minimum absolute atomic E-state index is 0.0369. The van der Waals surface area contributed by atoms with E-state index < -0.39 is 4.92 Å². The molecular formula is C15H7N3O4S4. The van der Waals surface area contributed by atoms with E-state index in [0.29, 0.717) is 29.9 Å². The molecule has 1 saturated heterocycles. The van der Waals surface area contributed by atoms with Gasteiger partial charge in [0.1, 0.15) is 10.1 Å². The highest BCUT2D eigenvalue weighted by atomic mass is 32.2. The maximum atomic E-state index is 11.7. The fourth-order valence-electron chi connectivity index (χ4n) is 2.15. The predicted molar refractivity (Wildman–Crippen MR) is 105 cm³/mol. The van der Waals surface area contributed by atoms with E-state index in [0.717, 1.165) is 4.70 Å². The maximum absolute atomic E-state index is 11.7. The Kier molecular flexibility index (Phi) is 4.53. The molecule has 1 fully saturated rings. The summed E-state index contributed by atoms with van der Waals surface area (Å²) in [5.74, 6) is 0.296. The number of nitrogens with zero attached hydrogens (tertiary/aromatic N) is 2. The van der Waals surface area contributed by atoms with Crippen LogP contribution in [0.5, 0.6) is 0 Å². The molecule has 26 heavy (non-hydrogen) atoms. The van der Waals surface area contributed by atoms with Crippen molar-refractivity contribution in [2.75, 3.05) is 0 Å². The smallest absolute Gasteiger partial charge is 0.270 e. The molecule has 1 N–H and O–H groups in total. The van der Waals surface area contributed by atoms with E-state index in [1.165, 1.54) is 47.0 Å². The second-order valence-corrected chi connectivity index (χ2v) is 9.00. The van der Waals surface area contributed by atoms with Gasteiger partial charge in [-0.1, -0.05) is 24.0 Å². The summed E-state index contributed by atoms with van der Waals surface area (Å²) >= 11 is 8.80. The largest absolute Gasteiger partial charge is 0.450 e. The van der Waals surface area contributed by atoms with E-state index in [2.05, 4.69) is 10.3 Å². The van der Waals surface area contributed by atoms with Gasteiger partial charge in [0.25, 0.3) is 11.6 Å². The SMILES string of the molecule is O=C1NC(=S)S/C1=C\c1ccc(Sc2nc3ccc([N+](=O)[O-])cc3s2)o1. The molecule has 1 aliphatic heterocycles. The number of nitro groups is 1. The van der Waals surface area contributed by atoms with Gasteiger partial charge in [0.15, 0.2) is 9.43 Å². The van der Waals surface area contributed by atoms with Gasteiger partial charge in [-0.05, 0) is 30.0 Å². The molecule has 11 heteroatoms. The lowest BCUT2D eigenvalue weighted by atomic mass is 10.3. The number of furan rings is 1. The summed E-state index contributed by atoms with van der Waals surface area (Å²) in [4.78, 5) is 27.0. The van der Waals surface area contributed by atoms with Gasteiger partial charge in [0.05, 0.1) is 20.0 Å². The average Bonchev–Trinajstić information content (AvgIpc) is 3.26. The van der Waals surface area contributed by atoms with Crippen LogP contribution in [0, 0.1) is 10.1 Å². The van der Waals surface area contributed by atoms with Crippen molar-refractivity contribution in [1.29, 1.82) is 0 Å². The van der Waals surface area contributed by atoms with Crippen molar-refractivity contribution < 1.29 is 14.1 Å². The van der Waals surface area contributed by atoms with Gasteiger partial charge in [-0.15, -0.1) is 11.3 Å². The number of thiazole rings is 1. The summed E-state index contributed by atoms with van der Waals surface area (Å²) in [6.07, 6.45) is 1.63. The standard InChI is InChI=1S/C15H7N3O4S4/c19-13-11(24-14(23)17-13)6-8-2-4-12(22-8)26-15-16-9-3-1-7(18(20)21)5-10(9)25-15/h1-6H,(H,17,19,23)/b11-6-. The molecule has 0 bridgehead atoms. The number of fused-ring (bicyclic) bond motifs is 1. The fourth-order valence-corrected chi connectivity index (χ4v) is 5.18. The van der Waals surface area contributed by atoms with Crippen LogP contribution in [-0.2, 0) is 4.79 Å². The number of benzene rings is 1. The van der Waals surface area contributed by atoms with Crippen molar-refractivity contribution in [2.24, 2.45) is 0 Å². The number of carbonyl (C=O) groups is 1. The number of amides is 1. The molecule has 0 unspecified atom stereocenters. The first-order chi connectivity index (χ1) is 12.5. The Balaban J connectivity index is 1.55. The molecule has 130 valence electrons. The highest BCUT2D eigenvalue weighted by molar-refractivity contribution is 8.26. The lowest BCUT2D eigenvalue weighted by Crippen LogP contribution is -2.17. The summed E-state index contributed by atoms with van der Waals surface area (Å²) in [6.45, 7) is 0. The number of aromatic nitrogens is 1. The molecule has 1 aromatic carbocycles. The summed E-state index contributed by atoms with van der Waals surface area (Å²) in [5, 5.41) is 14.0. The lowest BCUT2D eigenvalue weighted by molar-refractivity contribution is -0.384. The van der Waals surface area contributed by atoms with Gasteiger partial charge < -0.3 is 9.73 Å². The third kappa shape index (κ3) is 3.51. The molecule has 0 saturated carbocycles. The van der Waals surface area contributed by atoms with Crippen LogP contribution in [0.4, 0.5) is 5.69 Å². The minimum atomic E-state index is -0.429. The van der Waals surface area contributed by atoms with Gasteiger partial charge in [-0.2, -0.15) is 0 Å². The predicted octanol–water partition coefficient (Wildman–Crippen LogP) is 4.44. The average molecular weight is 422 g/mol. The molecule has 1 aliphatic rings. The van der Waals surface area contributed by atoms with Crippen molar-refractivity contribution in [1.82, 2.24) is 10.3 Å². The number of thiocarbonyl (C=S) groups is 1. The molecule has 2 aromatic heterocycles. The summed E-state index contributed by atoms with van der Waals surface area (Å²) < 4.78 is 7.57. The van der Waals surface area contributed by atoms with Gasteiger partial charge >= 0.3 is 0 Å². The molecular weight excluding hydrogens is 414 g/mol. The molecule has 0 atom stereocenters. The second kappa shape index (κ2) is 6.83. The van der Waals surface area contributed by atoms with Gasteiger partial charge in [0.2, 0.25) is 0 Å². The van der Waals surface area contributed by atoms with Crippen molar-refractivity contribution in [2.45, 2.75) is 9.43 Å². The number of thioether (sulfide) groups is 1. The summed E-state index contributed by atoms with van der Waals surface area (Å²) in [5.41, 5.74) is 0.736. The Morgan fingerprint density at radius 2 is 2.19 bits per heavy atom. The first-order valence-corrected chi connectivity index (χ1v) is 9.91. The number of carbonyl (C=O) groups excluding carboxylic acids is 1. The topological polar surface area (TPSA) is 98.3 Å². The van der Waals surface area contributed by atoms with E-state index >= 15 is 0 Å². The van der Waals surface area contributed by atoms with Crippen molar-refractivity contribution in [3.8, 4) is 0 Å². The zero-order chi connectivity index (χ0) is 18.3. The highest BCUT2D eigenvalue weighted by Crippen LogP contribution is 2.37. The summed E-state index contributed by atoms with van der Waals surface area (Å²) in [7, 11) is 0. The van der Waals surface area contributed by atoms with Crippen LogP contribution in [0.2, 0.25) is 0 Å². The lowest BCUT2D eigenvalue weighted by Gasteiger charge is -1.92. The Hall–Kier alpha value is -2.21. The van der Waals surface area contributed by atoms with E-state index in [1.807, 2.05) is 0 Å². The van der Waals surface area contributed by atoms with Crippen LogP contribution < -0.4 is 5.32 Å². The number of nitrogens with one attached hydrogen (secondary N) is 1. The molecule has 7 nitrogen and oxygen atoms in total. The van der Waals surface area contributed by atoms with Crippen LogP contribution in [0.3, 0.4) is 0 Å². The van der Waals surface area contributed by atoms with Crippen molar-refractivity contribution in [3.05, 3.63) is 51.1 Å². The quantitative estimate of drug-likeness (QED) is 0.286. The number of non-ortho nitro benzene ring substituents is 1. The Morgan fingerprint density at radius 3 is 2.92 bits per heavy atom. The molecule has 0 spiro atoms. The van der Waals surface area contributed by atoms with Crippen molar-refractivity contribution >= 4 is 79.3 Å². The van der Waals surface area contributed by atoms with Crippen LogP contribution in [0.15, 0.2) is 49.1 Å². The van der Waals surface area contributed by atoms with Gasteiger partial charge in [0, 0.05) is 18.2 Å². The Morgan fingerprint density at radius 1 is 1.35 bits per heavy atom. The molecule has 1 amide bonds. The maximum Gasteiger partial charge on any atom is 0.270 e. The first-order valence-electron chi connectivity index (χ1n) is 7.05. The van der Waals surface area contributed by atoms with Gasteiger partial charge in [-0.3, -0.25) is 14.9 Å². The normalized spacial score (nSPS) is 15.8. The molecule has 0 radical (unpaired) electrons. The van der Waals surface area contributed by atoms with Crippen LogP contribution in [0.25, 0.3) is 16.3 Å². The third-order valence-electron chi connectivity index (χ3n) is 3.27. The monoisotopic (exact) mass is 421 g/mol. The summed E-state index contributed by atoms with van der Waals surface area (Å²) in [6, 6.07) is 8.10. The fraction of sp³-hybridized carbons (Fsp3) is 0. The van der Waals surface area contributed by atoms with Crippen molar-refractivity contribution in [3.63, 3.8) is 0 Å².